The maximum absolute atomic E-state index is 12.5. The molecule has 0 saturated heterocycles. The molecule has 1 aromatic heterocycles. The highest BCUT2D eigenvalue weighted by Crippen LogP contribution is 2.29. The quantitative estimate of drug-likeness (QED) is 0.495. The van der Waals surface area contributed by atoms with Crippen LogP contribution < -0.4 is 14.8 Å². The van der Waals surface area contributed by atoms with Gasteiger partial charge in [0, 0.05) is 27.2 Å². The fraction of sp³-hybridized carbons (Fsp3) is 0.143. The Bertz CT molecular complexity index is 899. The Morgan fingerprint density at radius 1 is 1.00 bits per heavy atom. The summed E-state index contributed by atoms with van der Waals surface area (Å²) in [5.41, 5.74) is 2.26. The molecular formula is C21H19IN2O3. The Kier molecular flexibility index (Phi) is 6.64. The second-order valence-electron chi connectivity index (χ2n) is 5.70. The molecule has 2 aromatic carbocycles. The van der Waals surface area contributed by atoms with Gasteiger partial charge in [0.05, 0.1) is 6.61 Å². The molecule has 3 aromatic rings. The van der Waals surface area contributed by atoms with Crippen molar-refractivity contribution >= 4 is 34.2 Å². The van der Waals surface area contributed by atoms with E-state index < -0.39 is 0 Å². The summed E-state index contributed by atoms with van der Waals surface area (Å²) in [5.74, 6) is 0.944. The molecule has 0 bridgehead atoms. The second kappa shape index (κ2) is 9.36. The standard InChI is InChI=1S/C21H19IN2O3/c1-2-26-20-13-16(21(25)24-18-6-4-17(22)5-7-18)3-8-19(20)27-14-15-9-11-23-12-10-15/h3-13H,2,14H2,1H3,(H,24,25). The zero-order valence-electron chi connectivity index (χ0n) is 14.8. The van der Waals surface area contributed by atoms with Crippen LogP contribution in [-0.4, -0.2) is 17.5 Å². The molecule has 6 heteroatoms. The van der Waals surface area contributed by atoms with Gasteiger partial charge in [-0.05, 0) is 89.7 Å². The number of benzene rings is 2. The van der Waals surface area contributed by atoms with E-state index in [4.69, 9.17) is 9.47 Å². The van der Waals surface area contributed by atoms with E-state index in [0.717, 1.165) is 14.8 Å². The van der Waals surface area contributed by atoms with Gasteiger partial charge in [0.2, 0.25) is 0 Å². The van der Waals surface area contributed by atoms with Gasteiger partial charge in [-0.3, -0.25) is 9.78 Å². The minimum absolute atomic E-state index is 0.196. The number of halogens is 1. The van der Waals surface area contributed by atoms with E-state index >= 15 is 0 Å². The fourth-order valence-corrected chi connectivity index (χ4v) is 2.77. The van der Waals surface area contributed by atoms with Crippen LogP contribution in [0.25, 0.3) is 0 Å². The summed E-state index contributed by atoms with van der Waals surface area (Å²) in [7, 11) is 0. The second-order valence-corrected chi connectivity index (χ2v) is 6.95. The minimum atomic E-state index is -0.196. The molecule has 0 aliphatic rings. The van der Waals surface area contributed by atoms with E-state index in [1.165, 1.54) is 0 Å². The van der Waals surface area contributed by atoms with Crippen molar-refractivity contribution in [3.8, 4) is 11.5 Å². The van der Waals surface area contributed by atoms with Crippen LogP contribution in [0.2, 0.25) is 0 Å². The third-order valence-corrected chi connectivity index (χ3v) is 4.47. The number of carbonyl (C=O) groups excluding carboxylic acids is 1. The summed E-state index contributed by atoms with van der Waals surface area (Å²) in [5, 5.41) is 2.89. The van der Waals surface area contributed by atoms with Crippen molar-refractivity contribution in [2.75, 3.05) is 11.9 Å². The van der Waals surface area contributed by atoms with Gasteiger partial charge in [-0.25, -0.2) is 0 Å². The van der Waals surface area contributed by atoms with E-state index in [1.54, 1.807) is 30.6 Å². The molecule has 0 fully saturated rings. The van der Waals surface area contributed by atoms with Gasteiger partial charge < -0.3 is 14.8 Å². The lowest BCUT2D eigenvalue weighted by Gasteiger charge is -2.13. The molecule has 27 heavy (non-hydrogen) atoms. The third-order valence-electron chi connectivity index (χ3n) is 3.75. The number of hydrogen-bond donors (Lipinski definition) is 1. The molecular weight excluding hydrogens is 455 g/mol. The highest BCUT2D eigenvalue weighted by Gasteiger charge is 2.12. The Morgan fingerprint density at radius 3 is 2.44 bits per heavy atom. The largest absolute Gasteiger partial charge is 0.490 e. The van der Waals surface area contributed by atoms with Crippen LogP contribution in [0.5, 0.6) is 11.5 Å². The number of hydrogen-bond acceptors (Lipinski definition) is 4. The Morgan fingerprint density at radius 2 is 1.74 bits per heavy atom. The van der Waals surface area contributed by atoms with Gasteiger partial charge in [-0.1, -0.05) is 0 Å². The SMILES string of the molecule is CCOc1cc(C(=O)Nc2ccc(I)cc2)ccc1OCc1ccncc1. The maximum Gasteiger partial charge on any atom is 0.255 e. The van der Waals surface area contributed by atoms with E-state index in [0.29, 0.717) is 30.3 Å². The summed E-state index contributed by atoms with van der Waals surface area (Å²) in [6.07, 6.45) is 3.44. The molecule has 5 nitrogen and oxygen atoms in total. The van der Waals surface area contributed by atoms with Gasteiger partial charge in [-0.2, -0.15) is 0 Å². The van der Waals surface area contributed by atoms with Crippen LogP contribution in [-0.2, 0) is 6.61 Å². The molecule has 0 aliphatic heterocycles. The van der Waals surface area contributed by atoms with E-state index in [9.17, 15) is 4.79 Å². The van der Waals surface area contributed by atoms with Crippen LogP contribution >= 0.6 is 22.6 Å². The topological polar surface area (TPSA) is 60.5 Å². The first-order chi connectivity index (χ1) is 13.2. The van der Waals surface area contributed by atoms with Crippen molar-refractivity contribution in [2.45, 2.75) is 13.5 Å². The summed E-state index contributed by atoms with van der Waals surface area (Å²) in [4.78, 5) is 16.5. The average molecular weight is 474 g/mol. The zero-order valence-corrected chi connectivity index (χ0v) is 17.0. The Hall–Kier alpha value is -2.61. The van der Waals surface area contributed by atoms with Gasteiger partial charge in [0.1, 0.15) is 6.61 Å². The van der Waals surface area contributed by atoms with E-state index in [2.05, 4.69) is 32.9 Å². The minimum Gasteiger partial charge on any atom is -0.490 e. The molecule has 3 rings (SSSR count). The molecule has 0 unspecified atom stereocenters. The van der Waals surface area contributed by atoms with Gasteiger partial charge >= 0.3 is 0 Å². The first kappa shape index (κ1) is 19.2. The van der Waals surface area contributed by atoms with Crippen LogP contribution in [0.3, 0.4) is 0 Å². The van der Waals surface area contributed by atoms with Crippen molar-refractivity contribution < 1.29 is 14.3 Å². The molecule has 0 spiro atoms. The predicted octanol–water partition coefficient (Wildman–Crippen LogP) is 4.92. The fourth-order valence-electron chi connectivity index (χ4n) is 2.41. The van der Waals surface area contributed by atoms with Crippen molar-refractivity contribution in [3.63, 3.8) is 0 Å². The summed E-state index contributed by atoms with van der Waals surface area (Å²) >= 11 is 2.22. The molecule has 1 heterocycles. The number of amides is 1. The third kappa shape index (κ3) is 5.43. The van der Waals surface area contributed by atoms with Gasteiger partial charge in [-0.15, -0.1) is 0 Å². The molecule has 0 radical (unpaired) electrons. The van der Waals surface area contributed by atoms with Crippen LogP contribution in [0.1, 0.15) is 22.8 Å². The monoisotopic (exact) mass is 474 g/mol. The Balaban J connectivity index is 1.73. The number of pyridine rings is 1. The molecule has 1 amide bonds. The number of carbonyl (C=O) groups is 1. The number of ether oxygens (including phenoxy) is 2. The molecule has 0 atom stereocenters. The number of rotatable bonds is 7. The smallest absolute Gasteiger partial charge is 0.255 e. The summed E-state index contributed by atoms with van der Waals surface area (Å²) in [6, 6.07) is 16.6. The van der Waals surface area contributed by atoms with E-state index in [-0.39, 0.29) is 5.91 Å². The van der Waals surface area contributed by atoms with Crippen molar-refractivity contribution in [3.05, 3.63) is 81.7 Å². The number of aromatic nitrogens is 1. The number of nitrogens with one attached hydrogen (secondary N) is 1. The normalized spacial score (nSPS) is 10.3. The van der Waals surface area contributed by atoms with Crippen molar-refractivity contribution in [2.24, 2.45) is 0 Å². The van der Waals surface area contributed by atoms with E-state index in [1.807, 2.05) is 43.3 Å². The zero-order chi connectivity index (χ0) is 19.1. The molecule has 1 N–H and O–H groups in total. The maximum atomic E-state index is 12.5. The first-order valence-corrected chi connectivity index (χ1v) is 9.59. The highest BCUT2D eigenvalue weighted by molar-refractivity contribution is 14.1. The number of anilines is 1. The first-order valence-electron chi connectivity index (χ1n) is 8.51. The van der Waals surface area contributed by atoms with Gasteiger partial charge in [0.15, 0.2) is 11.5 Å². The predicted molar refractivity (Wildman–Crippen MR) is 113 cm³/mol. The molecule has 0 saturated carbocycles. The van der Waals surface area contributed by atoms with Crippen LogP contribution in [0, 0.1) is 3.57 Å². The van der Waals surface area contributed by atoms with Crippen molar-refractivity contribution in [1.29, 1.82) is 0 Å². The lowest BCUT2D eigenvalue weighted by molar-refractivity contribution is 0.102. The number of nitrogens with zero attached hydrogens (tertiary/aromatic N) is 1. The van der Waals surface area contributed by atoms with Crippen molar-refractivity contribution in [1.82, 2.24) is 4.98 Å². The lowest BCUT2D eigenvalue weighted by atomic mass is 10.1. The summed E-state index contributed by atoms with van der Waals surface area (Å²) < 4.78 is 12.6. The Labute approximate surface area is 171 Å². The molecule has 138 valence electrons. The highest BCUT2D eigenvalue weighted by atomic mass is 127. The van der Waals surface area contributed by atoms with Crippen LogP contribution in [0.4, 0.5) is 5.69 Å². The average Bonchev–Trinajstić information content (AvgIpc) is 2.69. The summed E-state index contributed by atoms with van der Waals surface area (Å²) in [6.45, 7) is 2.77. The van der Waals surface area contributed by atoms with Gasteiger partial charge in [0.25, 0.3) is 5.91 Å². The molecule has 0 aliphatic carbocycles. The lowest BCUT2D eigenvalue weighted by Crippen LogP contribution is -2.12. The van der Waals surface area contributed by atoms with Crippen LogP contribution in [0.15, 0.2) is 67.0 Å².